The molecule has 2 amide bonds. The first kappa shape index (κ1) is 21.8. The molecule has 0 aliphatic carbocycles. The Hall–Kier alpha value is -2.54. The molecule has 1 aromatic carbocycles. The minimum absolute atomic E-state index is 0.244. The van der Waals surface area contributed by atoms with Crippen molar-refractivity contribution in [1.29, 1.82) is 0 Å². The van der Waals surface area contributed by atoms with E-state index in [0.717, 1.165) is 5.69 Å². The molecule has 2 aromatic rings. The number of benzene rings is 1. The summed E-state index contributed by atoms with van der Waals surface area (Å²) in [5.74, 6) is 0.0130. The number of rotatable bonds is 8. The van der Waals surface area contributed by atoms with Gasteiger partial charge in [0.25, 0.3) is 5.91 Å². The highest BCUT2D eigenvalue weighted by Crippen LogP contribution is 2.23. The topological polar surface area (TPSA) is 85.2 Å². The fraction of sp³-hybridized carbons (Fsp3) is 0.450. The lowest BCUT2D eigenvalue weighted by Gasteiger charge is -2.20. The van der Waals surface area contributed by atoms with Crippen LogP contribution in [0.4, 0.5) is 4.79 Å². The van der Waals surface area contributed by atoms with Crippen LogP contribution in [0.3, 0.4) is 0 Å². The van der Waals surface area contributed by atoms with Gasteiger partial charge >= 0.3 is 6.09 Å². The third-order valence-corrected chi connectivity index (χ3v) is 4.44. The average Bonchev–Trinajstić information content (AvgIpc) is 2.94. The van der Waals surface area contributed by atoms with Crippen molar-refractivity contribution in [3.05, 3.63) is 46.7 Å². The van der Waals surface area contributed by atoms with Crippen LogP contribution in [0.1, 0.15) is 43.2 Å². The Bertz CT molecular complexity index is 805. The predicted octanol–water partition coefficient (Wildman–Crippen LogP) is 3.72. The van der Waals surface area contributed by atoms with Gasteiger partial charge in [-0.05, 0) is 38.3 Å². The van der Waals surface area contributed by atoms with E-state index in [4.69, 9.17) is 16.3 Å². The van der Waals surface area contributed by atoms with Crippen LogP contribution in [0.15, 0.2) is 30.3 Å². The van der Waals surface area contributed by atoms with Crippen LogP contribution >= 0.6 is 11.6 Å². The number of carbonyl (C=O) groups excluding carboxylic acids is 2. The third-order valence-electron chi connectivity index (χ3n) is 4.09. The lowest BCUT2D eigenvalue weighted by atomic mass is 10.0. The van der Waals surface area contributed by atoms with Gasteiger partial charge in [-0.25, -0.2) is 9.48 Å². The number of carbonyl (C=O) groups is 2. The van der Waals surface area contributed by atoms with Crippen LogP contribution in [0.2, 0.25) is 5.15 Å². The summed E-state index contributed by atoms with van der Waals surface area (Å²) in [6.07, 6.45) is 0.211. The summed E-state index contributed by atoms with van der Waals surface area (Å²) in [5.41, 5.74) is 1.63. The molecule has 152 valence electrons. The number of hydrogen-bond acceptors (Lipinski definition) is 4. The summed E-state index contributed by atoms with van der Waals surface area (Å²) in [6.45, 7) is 8.14. The Morgan fingerprint density at radius 2 is 1.93 bits per heavy atom. The van der Waals surface area contributed by atoms with Gasteiger partial charge in [0, 0.05) is 12.6 Å². The van der Waals surface area contributed by atoms with Gasteiger partial charge in [-0.1, -0.05) is 43.6 Å². The second kappa shape index (κ2) is 10.1. The smallest absolute Gasteiger partial charge is 0.407 e. The fourth-order valence-electron chi connectivity index (χ4n) is 2.90. The van der Waals surface area contributed by atoms with Gasteiger partial charge in [0.2, 0.25) is 0 Å². The zero-order valence-corrected chi connectivity index (χ0v) is 17.4. The molecule has 0 saturated heterocycles. The Morgan fingerprint density at radius 3 is 2.54 bits per heavy atom. The largest absolute Gasteiger partial charge is 0.450 e. The third kappa shape index (κ3) is 5.73. The van der Waals surface area contributed by atoms with Crippen molar-refractivity contribution in [1.82, 2.24) is 20.4 Å². The molecule has 0 aliphatic heterocycles. The van der Waals surface area contributed by atoms with E-state index in [9.17, 15) is 9.59 Å². The minimum Gasteiger partial charge on any atom is -0.450 e. The summed E-state index contributed by atoms with van der Waals surface area (Å²) in [6, 6.07) is 9.13. The summed E-state index contributed by atoms with van der Waals surface area (Å²) < 4.78 is 6.47. The lowest BCUT2D eigenvalue weighted by Crippen LogP contribution is -2.44. The number of aromatic nitrogens is 2. The van der Waals surface area contributed by atoms with Gasteiger partial charge in [0.1, 0.15) is 5.15 Å². The molecule has 0 aliphatic rings. The average molecular weight is 407 g/mol. The zero-order chi connectivity index (χ0) is 20.7. The first-order chi connectivity index (χ1) is 13.3. The van der Waals surface area contributed by atoms with Gasteiger partial charge in [0.05, 0.1) is 23.6 Å². The highest BCUT2D eigenvalue weighted by molar-refractivity contribution is 6.33. The van der Waals surface area contributed by atoms with Crippen LogP contribution in [-0.4, -0.2) is 41.0 Å². The van der Waals surface area contributed by atoms with Crippen molar-refractivity contribution >= 4 is 23.6 Å². The summed E-state index contributed by atoms with van der Waals surface area (Å²) in [4.78, 5) is 24.5. The number of ether oxygens (including phenoxy) is 1. The van der Waals surface area contributed by atoms with Crippen molar-refractivity contribution in [2.45, 2.75) is 40.2 Å². The number of aryl methyl sites for hydroxylation is 1. The highest BCUT2D eigenvalue weighted by atomic mass is 35.5. The number of hydrogen-bond donors (Lipinski definition) is 2. The summed E-state index contributed by atoms with van der Waals surface area (Å²) >= 11 is 6.43. The number of amides is 2. The predicted molar refractivity (Wildman–Crippen MR) is 109 cm³/mol. The molecular weight excluding hydrogens is 380 g/mol. The number of nitrogens with one attached hydrogen (secondary N) is 2. The molecule has 0 radical (unpaired) electrons. The van der Waals surface area contributed by atoms with Crippen LogP contribution in [-0.2, 0) is 4.74 Å². The minimum atomic E-state index is -0.492. The Labute approximate surface area is 170 Å². The maximum absolute atomic E-state index is 12.7. The van der Waals surface area contributed by atoms with E-state index in [2.05, 4.69) is 15.7 Å². The summed E-state index contributed by atoms with van der Waals surface area (Å²) in [5, 5.41) is 10.3. The van der Waals surface area contributed by atoms with E-state index >= 15 is 0 Å². The maximum Gasteiger partial charge on any atom is 0.407 e. The molecule has 0 unspecified atom stereocenters. The molecule has 0 bridgehead atoms. The molecule has 0 spiro atoms. The molecular formula is C20H27ClN4O3. The maximum atomic E-state index is 12.7. The first-order valence-corrected chi connectivity index (χ1v) is 9.73. The quantitative estimate of drug-likeness (QED) is 0.699. The molecule has 2 N–H and O–H groups in total. The van der Waals surface area contributed by atoms with E-state index in [-0.39, 0.29) is 23.6 Å². The molecule has 1 heterocycles. The molecule has 0 fully saturated rings. The molecule has 2 rings (SSSR count). The standard InChI is InChI=1S/C20H27ClN4O3/c1-5-28-20(27)23-15(11-13(2)3)12-22-19(26)17-14(4)24-25(18(17)21)16-9-7-6-8-10-16/h6-10,13,15H,5,11-12H2,1-4H3,(H,22,26)(H,23,27)/t15-/m0/s1. The van der Waals surface area contributed by atoms with E-state index < -0.39 is 6.09 Å². The molecule has 7 nitrogen and oxygen atoms in total. The number of para-hydroxylation sites is 1. The van der Waals surface area contributed by atoms with Crippen LogP contribution in [0.5, 0.6) is 0 Å². The van der Waals surface area contributed by atoms with Gasteiger partial charge in [-0.2, -0.15) is 5.10 Å². The molecule has 8 heteroatoms. The summed E-state index contributed by atoms with van der Waals surface area (Å²) in [7, 11) is 0. The van der Waals surface area contributed by atoms with Crippen LogP contribution < -0.4 is 10.6 Å². The van der Waals surface area contributed by atoms with Crippen molar-refractivity contribution in [2.75, 3.05) is 13.2 Å². The van der Waals surface area contributed by atoms with E-state index in [1.54, 1.807) is 13.8 Å². The Kier molecular flexibility index (Phi) is 7.87. The number of alkyl carbamates (subject to hydrolysis) is 1. The van der Waals surface area contributed by atoms with Crippen molar-refractivity contribution in [2.24, 2.45) is 5.92 Å². The van der Waals surface area contributed by atoms with Crippen molar-refractivity contribution in [3.8, 4) is 5.69 Å². The Morgan fingerprint density at radius 1 is 1.25 bits per heavy atom. The van der Waals surface area contributed by atoms with Crippen molar-refractivity contribution < 1.29 is 14.3 Å². The zero-order valence-electron chi connectivity index (χ0n) is 16.7. The van der Waals surface area contributed by atoms with Gasteiger partial charge in [-0.15, -0.1) is 0 Å². The second-order valence-corrected chi connectivity index (χ2v) is 7.26. The van der Waals surface area contributed by atoms with Crippen molar-refractivity contribution in [3.63, 3.8) is 0 Å². The Balaban J connectivity index is 2.11. The lowest BCUT2D eigenvalue weighted by molar-refractivity contribution is 0.0944. The normalized spacial score (nSPS) is 11.9. The second-order valence-electron chi connectivity index (χ2n) is 6.90. The first-order valence-electron chi connectivity index (χ1n) is 9.35. The van der Waals surface area contributed by atoms with Gasteiger partial charge in [-0.3, -0.25) is 4.79 Å². The van der Waals surface area contributed by atoms with Gasteiger partial charge in [0.15, 0.2) is 0 Å². The van der Waals surface area contributed by atoms with Crippen LogP contribution in [0.25, 0.3) is 5.69 Å². The van der Waals surface area contributed by atoms with Gasteiger partial charge < -0.3 is 15.4 Å². The molecule has 1 aromatic heterocycles. The molecule has 0 saturated carbocycles. The van der Waals surface area contributed by atoms with E-state index in [1.165, 1.54) is 4.68 Å². The monoisotopic (exact) mass is 406 g/mol. The SMILES string of the molecule is CCOC(=O)N[C@H](CNC(=O)c1c(C)nn(-c2ccccc2)c1Cl)CC(C)C. The van der Waals surface area contributed by atoms with E-state index in [1.807, 2.05) is 44.2 Å². The van der Waals surface area contributed by atoms with E-state index in [0.29, 0.717) is 30.2 Å². The number of nitrogens with zero attached hydrogens (tertiary/aromatic N) is 2. The fourth-order valence-corrected chi connectivity index (χ4v) is 3.26. The molecule has 28 heavy (non-hydrogen) atoms. The highest BCUT2D eigenvalue weighted by Gasteiger charge is 2.22. The van der Waals surface area contributed by atoms with Crippen LogP contribution in [0, 0.1) is 12.8 Å². The number of halogens is 1. The molecule has 1 atom stereocenters.